The molecule has 2 N–H and O–H groups in total. The number of sulfonamides is 1. The second-order valence-electron chi connectivity index (χ2n) is 6.56. The lowest BCUT2D eigenvalue weighted by atomic mass is 10.1. The van der Waals surface area contributed by atoms with E-state index in [2.05, 4.69) is 9.88 Å². The van der Waals surface area contributed by atoms with E-state index >= 15 is 0 Å². The zero-order valence-electron chi connectivity index (χ0n) is 15.6. The number of nitrogens with zero attached hydrogens (tertiary/aromatic N) is 1. The standard InChI is InChI=1S/C19H20F3N3O3S/c1-2-25-16-6-4-3-5-14(16)15-11-13(7-8-17(15)25)24-18(26)9-10-23-29(27,28)12-19(20,21)22/h3-8,11,23H,2,9-10,12H2,1H3,(H,24,26). The summed E-state index contributed by atoms with van der Waals surface area (Å²) in [4.78, 5) is 12.1. The molecule has 0 spiro atoms. The fourth-order valence-electron chi connectivity index (χ4n) is 3.28. The smallest absolute Gasteiger partial charge is 0.341 e. The van der Waals surface area contributed by atoms with Crippen LogP contribution in [-0.4, -0.2) is 37.4 Å². The van der Waals surface area contributed by atoms with Gasteiger partial charge in [-0.3, -0.25) is 4.79 Å². The van der Waals surface area contributed by atoms with Crippen LogP contribution in [0.15, 0.2) is 42.5 Å². The third-order valence-electron chi connectivity index (χ3n) is 4.40. The van der Waals surface area contributed by atoms with Gasteiger partial charge in [-0.1, -0.05) is 18.2 Å². The van der Waals surface area contributed by atoms with Gasteiger partial charge in [-0.2, -0.15) is 13.2 Å². The topological polar surface area (TPSA) is 80.2 Å². The molecule has 2 aromatic carbocycles. The zero-order valence-corrected chi connectivity index (χ0v) is 16.4. The lowest BCUT2D eigenvalue weighted by Crippen LogP contribution is -2.35. The van der Waals surface area contributed by atoms with E-state index in [-0.39, 0.29) is 6.42 Å². The number of hydrogen-bond acceptors (Lipinski definition) is 3. The summed E-state index contributed by atoms with van der Waals surface area (Å²) in [6.45, 7) is 2.41. The van der Waals surface area contributed by atoms with Crippen LogP contribution in [0.3, 0.4) is 0 Å². The summed E-state index contributed by atoms with van der Waals surface area (Å²) in [5.41, 5.74) is 2.62. The van der Waals surface area contributed by atoms with Gasteiger partial charge in [0.05, 0.1) is 0 Å². The Morgan fingerprint density at radius 3 is 2.45 bits per heavy atom. The molecular weight excluding hydrogens is 407 g/mol. The van der Waals surface area contributed by atoms with Crippen molar-refractivity contribution in [3.8, 4) is 0 Å². The number of anilines is 1. The van der Waals surface area contributed by atoms with E-state index < -0.39 is 34.4 Å². The molecule has 1 amide bonds. The Morgan fingerprint density at radius 2 is 1.76 bits per heavy atom. The number of aryl methyl sites for hydroxylation is 1. The predicted molar refractivity (Wildman–Crippen MR) is 106 cm³/mol. The molecule has 0 radical (unpaired) electrons. The van der Waals surface area contributed by atoms with Gasteiger partial charge in [0.15, 0.2) is 5.75 Å². The first-order valence-corrected chi connectivity index (χ1v) is 10.6. The van der Waals surface area contributed by atoms with Gasteiger partial charge in [0, 0.05) is 47.0 Å². The van der Waals surface area contributed by atoms with Crippen LogP contribution in [0.5, 0.6) is 0 Å². The molecule has 0 aliphatic carbocycles. The van der Waals surface area contributed by atoms with Crippen molar-refractivity contribution in [1.29, 1.82) is 0 Å². The molecular formula is C19H20F3N3O3S. The summed E-state index contributed by atoms with van der Waals surface area (Å²) in [6.07, 6.45) is -5.12. The minimum atomic E-state index is -4.83. The maximum atomic E-state index is 12.2. The maximum Gasteiger partial charge on any atom is 0.404 e. The summed E-state index contributed by atoms with van der Waals surface area (Å²) >= 11 is 0. The molecule has 0 atom stereocenters. The van der Waals surface area contributed by atoms with E-state index in [9.17, 15) is 26.4 Å². The molecule has 0 bridgehead atoms. The SMILES string of the molecule is CCn1c2ccccc2c2cc(NC(=O)CCNS(=O)(=O)CC(F)(F)F)ccc21. The van der Waals surface area contributed by atoms with Crippen LogP contribution in [0.1, 0.15) is 13.3 Å². The molecule has 0 aliphatic heterocycles. The van der Waals surface area contributed by atoms with Crippen LogP contribution in [0, 0.1) is 0 Å². The quantitative estimate of drug-likeness (QED) is 0.604. The Morgan fingerprint density at radius 1 is 1.07 bits per heavy atom. The number of halogens is 3. The number of fused-ring (bicyclic) bond motifs is 3. The first kappa shape index (κ1) is 21.1. The average Bonchev–Trinajstić information content (AvgIpc) is 2.92. The summed E-state index contributed by atoms with van der Waals surface area (Å²) in [5.74, 6) is -2.47. The minimum Gasteiger partial charge on any atom is -0.341 e. The first-order chi connectivity index (χ1) is 13.6. The molecule has 0 saturated carbocycles. The Balaban J connectivity index is 1.69. The first-order valence-electron chi connectivity index (χ1n) is 8.94. The molecule has 0 aliphatic rings. The van der Waals surface area contributed by atoms with E-state index in [0.29, 0.717) is 5.69 Å². The summed E-state index contributed by atoms with van der Waals surface area (Å²) in [5, 5.41) is 4.66. The number of carbonyl (C=O) groups is 1. The summed E-state index contributed by atoms with van der Waals surface area (Å²) in [7, 11) is -4.52. The maximum absolute atomic E-state index is 12.2. The van der Waals surface area contributed by atoms with Crippen molar-refractivity contribution in [2.45, 2.75) is 26.1 Å². The van der Waals surface area contributed by atoms with Crippen molar-refractivity contribution in [3.05, 3.63) is 42.5 Å². The average molecular weight is 427 g/mol. The number of amides is 1. The van der Waals surface area contributed by atoms with Crippen molar-refractivity contribution < 1.29 is 26.4 Å². The van der Waals surface area contributed by atoms with Crippen molar-refractivity contribution >= 4 is 43.4 Å². The molecule has 29 heavy (non-hydrogen) atoms. The normalized spacial score (nSPS) is 12.6. The molecule has 3 rings (SSSR count). The molecule has 0 fully saturated rings. The van der Waals surface area contributed by atoms with Gasteiger partial charge in [-0.15, -0.1) is 0 Å². The Labute approximate surface area is 165 Å². The van der Waals surface area contributed by atoms with E-state index in [1.165, 1.54) is 0 Å². The molecule has 0 unspecified atom stereocenters. The second kappa shape index (κ2) is 8.03. The number of nitrogens with one attached hydrogen (secondary N) is 2. The third kappa shape index (κ3) is 5.07. The largest absolute Gasteiger partial charge is 0.404 e. The highest BCUT2D eigenvalue weighted by Crippen LogP contribution is 2.31. The van der Waals surface area contributed by atoms with Crippen LogP contribution >= 0.6 is 0 Å². The lowest BCUT2D eigenvalue weighted by molar-refractivity contribution is -0.116. The molecule has 0 saturated heterocycles. The second-order valence-corrected chi connectivity index (χ2v) is 8.37. The number of aromatic nitrogens is 1. The zero-order chi connectivity index (χ0) is 21.2. The molecule has 6 nitrogen and oxygen atoms in total. The van der Waals surface area contributed by atoms with Crippen LogP contribution in [-0.2, 0) is 21.4 Å². The van der Waals surface area contributed by atoms with Gasteiger partial charge in [0.1, 0.15) is 0 Å². The highest BCUT2D eigenvalue weighted by molar-refractivity contribution is 7.89. The van der Waals surface area contributed by atoms with Crippen LogP contribution in [0.4, 0.5) is 18.9 Å². The summed E-state index contributed by atoms with van der Waals surface area (Å²) in [6, 6.07) is 13.3. The van der Waals surface area contributed by atoms with Crippen molar-refractivity contribution in [2.24, 2.45) is 0 Å². The number of para-hydroxylation sites is 1. The molecule has 156 valence electrons. The van der Waals surface area contributed by atoms with Crippen molar-refractivity contribution in [3.63, 3.8) is 0 Å². The van der Waals surface area contributed by atoms with Gasteiger partial charge < -0.3 is 9.88 Å². The third-order valence-corrected chi connectivity index (χ3v) is 5.75. The molecule has 1 heterocycles. The summed E-state index contributed by atoms with van der Waals surface area (Å²) < 4.78 is 63.2. The number of benzene rings is 2. The lowest BCUT2D eigenvalue weighted by Gasteiger charge is -2.09. The highest BCUT2D eigenvalue weighted by Gasteiger charge is 2.34. The van der Waals surface area contributed by atoms with Gasteiger partial charge in [-0.25, -0.2) is 13.1 Å². The predicted octanol–water partition coefficient (Wildman–Crippen LogP) is 3.62. The fourth-order valence-corrected chi connectivity index (χ4v) is 4.23. The Hall–Kier alpha value is -2.59. The minimum absolute atomic E-state index is 0.286. The molecule has 3 aromatic rings. The molecule has 1 aromatic heterocycles. The number of rotatable bonds is 7. The van der Waals surface area contributed by atoms with E-state index in [0.717, 1.165) is 28.4 Å². The van der Waals surface area contributed by atoms with Gasteiger partial charge in [0.2, 0.25) is 15.9 Å². The van der Waals surface area contributed by atoms with Crippen LogP contribution in [0.2, 0.25) is 0 Å². The Kier molecular flexibility index (Phi) is 5.85. The van der Waals surface area contributed by atoms with Crippen molar-refractivity contribution in [2.75, 3.05) is 17.6 Å². The van der Waals surface area contributed by atoms with Crippen LogP contribution in [0.25, 0.3) is 21.8 Å². The monoisotopic (exact) mass is 427 g/mol. The van der Waals surface area contributed by atoms with Gasteiger partial charge in [0.25, 0.3) is 0 Å². The number of hydrogen-bond donors (Lipinski definition) is 2. The van der Waals surface area contributed by atoms with Crippen molar-refractivity contribution in [1.82, 2.24) is 9.29 Å². The number of carbonyl (C=O) groups excluding carboxylic acids is 1. The van der Waals surface area contributed by atoms with Gasteiger partial charge in [-0.05, 0) is 31.2 Å². The Bertz CT molecular complexity index is 1150. The van der Waals surface area contributed by atoms with E-state index in [4.69, 9.17) is 0 Å². The molecule has 10 heteroatoms. The van der Waals surface area contributed by atoms with Gasteiger partial charge >= 0.3 is 6.18 Å². The fraction of sp³-hybridized carbons (Fsp3) is 0.316. The van der Waals surface area contributed by atoms with Crippen LogP contribution < -0.4 is 10.0 Å². The van der Waals surface area contributed by atoms with E-state index in [1.54, 1.807) is 10.8 Å². The highest BCUT2D eigenvalue weighted by atomic mass is 32.2. The number of alkyl halides is 3. The van der Waals surface area contributed by atoms with E-state index in [1.807, 2.05) is 43.3 Å².